The second kappa shape index (κ2) is 14.5. The zero-order valence-electron chi connectivity index (χ0n) is 18.4. The van der Waals surface area contributed by atoms with Crippen molar-refractivity contribution in [2.24, 2.45) is 0 Å². The molecule has 1 aliphatic heterocycles. The van der Waals surface area contributed by atoms with Gasteiger partial charge in [0, 0.05) is 31.1 Å². The van der Waals surface area contributed by atoms with Crippen molar-refractivity contribution < 1.29 is 18.9 Å². The standard InChI is InChI=1S/C20H35N5O4P2S/c21-16-32-20-5-3-19(4-6-20)15-30(26,27)18-31(28,29)17-25-13-2-9-23-11-10-22-7-1-8-24-12-14-25/h3-6,22-24H,1-2,7-15,17-18H2,(H,26,27)(H,28,29). The highest BCUT2D eigenvalue weighted by atomic mass is 32.2. The van der Waals surface area contributed by atoms with Gasteiger partial charge in [0.2, 0.25) is 14.7 Å². The molecule has 9 nitrogen and oxygen atoms in total. The Hall–Kier alpha value is -0.720. The van der Waals surface area contributed by atoms with Gasteiger partial charge < -0.3 is 25.7 Å². The number of nitriles is 1. The average Bonchev–Trinajstić information content (AvgIpc) is 2.71. The predicted octanol–water partition coefficient (Wildman–Crippen LogP) is 2.08. The maximum absolute atomic E-state index is 12.9. The van der Waals surface area contributed by atoms with Crippen LogP contribution in [-0.2, 0) is 15.3 Å². The van der Waals surface area contributed by atoms with Crippen molar-refractivity contribution in [3.8, 4) is 5.40 Å². The number of hydrogen-bond donors (Lipinski definition) is 5. The molecule has 12 heteroatoms. The number of benzene rings is 1. The smallest absolute Gasteiger partial charge is 0.223 e. The SMILES string of the molecule is N#CSc1ccc(CP(=O)(O)CP(=O)(O)CN2CCCNCCNCCCNCC2)cc1. The van der Waals surface area contributed by atoms with Crippen molar-refractivity contribution in [2.45, 2.75) is 23.9 Å². The van der Waals surface area contributed by atoms with E-state index in [-0.39, 0.29) is 12.4 Å². The van der Waals surface area contributed by atoms with E-state index in [0.29, 0.717) is 25.2 Å². The van der Waals surface area contributed by atoms with Gasteiger partial charge in [0.05, 0.1) is 12.4 Å². The van der Waals surface area contributed by atoms with Gasteiger partial charge in [-0.15, -0.1) is 0 Å². The molecule has 2 atom stereocenters. The van der Waals surface area contributed by atoms with E-state index in [1.54, 1.807) is 24.3 Å². The first-order valence-electron chi connectivity index (χ1n) is 10.9. The predicted molar refractivity (Wildman–Crippen MR) is 130 cm³/mol. The molecule has 0 aliphatic carbocycles. The van der Waals surface area contributed by atoms with Crippen LogP contribution in [0.5, 0.6) is 0 Å². The molecular formula is C20H35N5O4P2S. The number of thioether (sulfide) groups is 1. The Morgan fingerprint density at radius 3 is 2.19 bits per heavy atom. The average molecular weight is 504 g/mol. The second-order valence-electron chi connectivity index (χ2n) is 8.05. The first-order valence-corrected chi connectivity index (χ1v) is 15.8. The Morgan fingerprint density at radius 2 is 1.53 bits per heavy atom. The summed E-state index contributed by atoms with van der Waals surface area (Å²) in [5.41, 5.74) is 0.612. The van der Waals surface area contributed by atoms with E-state index in [9.17, 15) is 18.9 Å². The van der Waals surface area contributed by atoms with Crippen LogP contribution in [0, 0.1) is 10.7 Å². The topological polar surface area (TPSA) is 138 Å². The molecule has 0 radical (unpaired) electrons. The lowest BCUT2D eigenvalue weighted by Crippen LogP contribution is -2.37. The highest BCUT2D eigenvalue weighted by Gasteiger charge is 2.32. The van der Waals surface area contributed by atoms with E-state index in [0.717, 1.165) is 62.2 Å². The van der Waals surface area contributed by atoms with E-state index >= 15 is 0 Å². The first kappa shape index (κ1) is 27.5. The van der Waals surface area contributed by atoms with Crippen molar-refractivity contribution in [2.75, 3.05) is 64.5 Å². The fourth-order valence-electron chi connectivity index (χ4n) is 3.56. The molecule has 0 spiro atoms. The molecule has 1 fully saturated rings. The molecule has 0 saturated carbocycles. The number of nitrogens with zero attached hydrogens (tertiary/aromatic N) is 2. The Bertz CT molecular complexity index is 807. The van der Waals surface area contributed by atoms with Gasteiger partial charge in [0.25, 0.3) is 0 Å². The molecule has 2 rings (SSSR count). The van der Waals surface area contributed by atoms with Crippen LogP contribution < -0.4 is 16.0 Å². The molecule has 180 valence electrons. The molecule has 1 aromatic carbocycles. The van der Waals surface area contributed by atoms with E-state index < -0.39 is 20.6 Å². The van der Waals surface area contributed by atoms with Gasteiger partial charge in [-0.05, 0) is 68.5 Å². The number of rotatable bonds is 7. The van der Waals surface area contributed by atoms with Gasteiger partial charge in [0.1, 0.15) is 11.3 Å². The number of nitrogens with one attached hydrogen (secondary N) is 3. The maximum atomic E-state index is 12.9. The van der Waals surface area contributed by atoms with Crippen LogP contribution in [0.4, 0.5) is 0 Å². The molecule has 32 heavy (non-hydrogen) atoms. The third-order valence-corrected chi connectivity index (χ3v) is 10.8. The number of hydrogen-bond acceptors (Lipinski definition) is 8. The lowest BCUT2D eigenvalue weighted by molar-refractivity contribution is 0.294. The fraction of sp³-hybridized carbons (Fsp3) is 0.650. The molecule has 1 saturated heterocycles. The molecule has 1 heterocycles. The van der Waals surface area contributed by atoms with Gasteiger partial charge in [-0.25, -0.2) is 0 Å². The summed E-state index contributed by atoms with van der Waals surface area (Å²) in [6.07, 6.45) is 1.61. The van der Waals surface area contributed by atoms with Crippen molar-refractivity contribution in [1.29, 1.82) is 5.26 Å². The van der Waals surface area contributed by atoms with Crippen molar-refractivity contribution in [3.63, 3.8) is 0 Å². The Labute approximate surface area is 195 Å². The summed E-state index contributed by atoms with van der Waals surface area (Å²) >= 11 is 1.01. The van der Waals surface area contributed by atoms with Crippen LogP contribution in [0.2, 0.25) is 0 Å². The van der Waals surface area contributed by atoms with Gasteiger partial charge in [-0.2, -0.15) is 5.26 Å². The monoisotopic (exact) mass is 503 g/mol. The maximum Gasteiger partial charge on any atom is 0.223 e. The van der Waals surface area contributed by atoms with Crippen LogP contribution >= 0.6 is 26.5 Å². The molecule has 0 aromatic heterocycles. The number of thiocyanates is 1. The van der Waals surface area contributed by atoms with Gasteiger partial charge in [-0.1, -0.05) is 12.1 Å². The molecule has 0 bridgehead atoms. The molecule has 1 aliphatic rings. The Balaban J connectivity index is 1.91. The normalized spacial score (nSPS) is 21.5. The lowest BCUT2D eigenvalue weighted by Gasteiger charge is -2.26. The van der Waals surface area contributed by atoms with Crippen molar-refractivity contribution >= 4 is 26.5 Å². The Kier molecular flexibility index (Phi) is 12.5. The minimum atomic E-state index is -3.84. The van der Waals surface area contributed by atoms with Crippen LogP contribution in [0.15, 0.2) is 29.2 Å². The van der Waals surface area contributed by atoms with Crippen LogP contribution in [0.1, 0.15) is 18.4 Å². The summed E-state index contributed by atoms with van der Waals surface area (Å²) in [6.45, 7) is 6.43. The van der Waals surface area contributed by atoms with Gasteiger partial charge in [0.15, 0.2) is 0 Å². The zero-order chi connectivity index (χ0) is 23.3. The summed E-state index contributed by atoms with van der Waals surface area (Å²) in [5.74, 6) is -0.595. The molecular weight excluding hydrogens is 468 g/mol. The van der Waals surface area contributed by atoms with E-state index in [2.05, 4.69) is 16.0 Å². The fourth-order valence-corrected chi connectivity index (χ4v) is 9.15. The first-order chi connectivity index (χ1) is 15.3. The minimum absolute atomic E-state index is 0.0848. The van der Waals surface area contributed by atoms with Crippen molar-refractivity contribution in [3.05, 3.63) is 29.8 Å². The van der Waals surface area contributed by atoms with Crippen LogP contribution in [-0.4, -0.2) is 79.2 Å². The summed E-state index contributed by atoms with van der Waals surface area (Å²) in [6, 6.07) is 6.78. The quantitative estimate of drug-likeness (QED) is 0.214. The second-order valence-corrected chi connectivity index (χ2v) is 14.0. The largest absolute Gasteiger partial charge is 0.344 e. The van der Waals surface area contributed by atoms with Gasteiger partial charge >= 0.3 is 0 Å². The zero-order valence-corrected chi connectivity index (χ0v) is 21.0. The third-order valence-electron chi connectivity index (χ3n) is 5.00. The summed E-state index contributed by atoms with van der Waals surface area (Å²) < 4.78 is 25.6. The molecule has 0 amide bonds. The third kappa shape index (κ3) is 11.9. The van der Waals surface area contributed by atoms with Crippen molar-refractivity contribution in [1.82, 2.24) is 20.9 Å². The van der Waals surface area contributed by atoms with E-state index in [1.807, 2.05) is 10.3 Å². The molecule has 5 N–H and O–H groups in total. The molecule has 1 aromatic rings. The highest BCUT2D eigenvalue weighted by Crippen LogP contribution is 2.58. The summed E-state index contributed by atoms with van der Waals surface area (Å²) in [5, 5.41) is 20.8. The highest BCUT2D eigenvalue weighted by molar-refractivity contribution is 8.03. The molecule has 2 unspecified atom stereocenters. The lowest BCUT2D eigenvalue weighted by atomic mass is 10.2. The Morgan fingerprint density at radius 1 is 0.906 bits per heavy atom. The van der Waals surface area contributed by atoms with Gasteiger partial charge in [-0.3, -0.25) is 14.0 Å². The van der Waals surface area contributed by atoms with Crippen LogP contribution in [0.3, 0.4) is 0 Å². The van der Waals surface area contributed by atoms with E-state index in [4.69, 9.17) is 5.26 Å². The van der Waals surface area contributed by atoms with Crippen LogP contribution in [0.25, 0.3) is 0 Å². The summed E-state index contributed by atoms with van der Waals surface area (Å²) in [4.78, 5) is 23.7. The van der Waals surface area contributed by atoms with E-state index in [1.165, 1.54) is 0 Å². The summed E-state index contributed by atoms with van der Waals surface area (Å²) in [7, 11) is -7.66. The minimum Gasteiger partial charge on any atom is -0.344 e.